The number of benzene rings is 2. The van der Waals surface area contributed by atoms with Crippen LogP contribution in [0, 0.1) is 5.92 Å². The van der Waals surface area contributed by atoms with Crippen LogP contribution in [0.25, 0.3) is 5.69 Å². The molecule has 0 bridgehead atoms. The third-order valence-electron chi connectivity index (χ3n) is 5.26. The van der Waals surface area contributed by atoms with Crippen molar-refractivity contribution in [2.45, 2.75) is 19.4 Å². The summed E-state index contributed by atoms with van der Waals surface area (Å²) in [7, 11) is 0. The van der Waals surface area contributed by atoms with Gasteiger partial charge in [0.1, 0.15) is 12.7 Å². The minimum absolute atomic E-state index is 0.0403. The Morgan fingerprint density at radius 3 is 2.40 bits per heavy atom. The topological polar surface area (TPSA) is 92.2 Å². The molecule has 3 amide bonds. The molecule has 0 unspecified atom stereocenters. The number of carbonyl (C=O) groups is 2. The van der Waals surface area contributed by atoms with E-state index in [1.165, 1.54) is 6.33 Å². The Hall–Kier alpha value is -3.68. The second-order valence-electron chi connectivity index (χ2n) is 7.28. The number of nitrogens with zero attached hydrogens (tertiary/aromatic N) is 4. The van der Waals surface area contributed by atoms with Gasteiger partial charge in [-0.1, -0.05) is 30.3 Å². The molecule has 30 heavy (non-hydrogen) atoms. The van der Waals surface area contributed by atoms with Gasteiger partial charge in [-0.25, -0.2) is 14.5 Å². The summed E-state index contributed by atoms with van der Waals surface area (Å²) in [4.78, 5) is 30.6. The molecule has 0 aliphatic carbocycles. The highest BCUT2D eigenvalue weighted by atomic mass is 16.2. The number of anilines is 1. The minimum Gasteiger partial charge on any atom is -0.352 e. The predicted octanol–water partition coefficient (Wildman–Crippen LogP) is 2.83. The highest BCUT2D eigenvalue weighted by molar-refractivity contribution is 5.89. The van der Waals surface area contributed by atoms with E-state index in [4.69, 9.17) is 0 Å². The molecule has 1 aliphatic heterocycles. The zero-order valence-corrected chi connectivity index (χ0v) is 16.6. The Balaban J connectivity index is 1.22. The number of nitrogens with one attached hydrogen (secondary N) is 2. The van der Waals surface area contributed by atoms with Crippen LogP contribution in [0.3, 0.4) is 0 Å². The van der Waals surface area contributed by atoms with Crippen LogP contribution in [0.4, 0.5) is 10.5 Å². The molecule has 2 heterocycles. The van der Waals surface area contributed by atoms with Gasteiger partial charge in [-0.15, -0.1) is 0 Å². The van der Waals surface area contributed by atoms with Crippen molar-refractivity contribution in [3.05, 3.63) is 72.8 Å². The molecule has 1 aliphatic rings. The molecule has 2 aromatic carbocycles. The maximum Gasteiger partial charge on any atom is 0.321 e. The number of hydrogen-bond acceptors (Lipinski definition) is 4. The molecule has 0 spiro atoms. The van der Waals surface area contributed by atoms with Gasteiger partial charge in [0.15, 0.2) is 0 Å². The zero-order valence-electron chi connectivity index (χ0n) is 16.6. The highest BCUT2D eigenvalue weighted by Crippen LogP contribution is 2.19. The fraction of sp³-hybridized carbons (Fsp3) is 0.273. The maximum atomic E-state index is 12.5. The first kappa shape index (κ1) is 19.6. The Kier molecular flexibility index (Phi) is 6.03. The fourth-order valence-electron chi connectivity index (χ4n) is 3.51. The number of amides is 3. The molecule has 0 atom stereocenters. The molecule has 2 N–H and O–H groups in total. The third-order valence-corrected chi connectivity index (χ3v) is 5.26. The van der Waals surface area contributed by atoms with Gasteiger partial charge in [0, 0.05) is 31.2 Å². The summed E-state index contributed by atoms with van der Waals surface area (Å²) < 4.78 is 1.68. The summed E-state index contributed by atoms with van der Waals surface area (Å²) in [6, 6.07) is 17.1. The number of carbonyl (C=O) groups excluding carboxylic acids is 2. The molecule has 0 saturated carbocycles. The van der Waals surface area contributed by atoms with Gasteiger partial charge in [0.25, 0.3) is 0 Å². The average Bonchev–Trinajstić information content (AvgIpc) is 3.33. The normalized spacial score (nSPS) is 14.3. The monoisotopic (exact) mass is 404 g/mol. The van der Waals surface area contributed by atoms with E-state index in [1.807, 2.05) is 54.6 Å². The molecular formula is C22H24N6O2. The van der Waals surface area contributed by atoms with E-state index in [2.05, 4.69) is 20.7 Å². The van der Waals surface area contributed by atoms with Gasteiger partial charge in [-0.3, -0.25) is 4.79 Å². The molecule has 1 aromatic heterocycles. The van der Waals surface area contributed by atoms with Crippen LogP contribution in [-0.4, -0.2) is 44.7 Å². The summed E-state index contributed by atoms with van der Waals surface area (Å²) in [6.45, 7) is 1.62. The van der Waals surface area contributed by atoms with Crippen LogP contribution < -0.4 is 10.6 Å². The fourth-order valence-corrected chi connectivity index (χ4v) is 3.51. The number of hydrogen-bond donors (Lipinski definition) is 2. The van der Waals surface area contributed by atoms with E-state index < -0.39 is 0 Å². The lowest BCUT2D eigenvalue weighted by molar-refractivity contribution is -0.126. The van der Waals surface area contributed by atoms with Crippen LogP contribution in [0.2, 0.25) is 0 Å². The largest absolute Gasteiger partial charge is 0.352 e. The standard InChI is InChI=1S/C22H24N6O2/c29-21(24-14-17-6-8-20(9-7-17)28-16-23-15-25-28)18-10-12-27(13-11-18)22(30)26-19-4-2-1-3-5-19/h1-9,15-16,18H,10-14H2,(H,24,29)(H,26,30). The quantitative estimate of drug-likeness (QED) is 0.684. The van der Waals surface area contributed by atoms with Crippen molar-refractivity contribution in [2.75, 3.05) is 18.4 Å². The first-order valence-electron chi connectivity index (χ1n) is 10.0. The van der Waals surface area contributed by atoms with Gasteiger partial charge < -0.3 is 15.5 Å². The molecule has 4 rings (SSSR count). The predicted molar refractivity (Wildman–Crippen MR) is 113 cm³/mol. The van der Waals surface area contributed by atoms with E-state index in [1.54, 1.807) is 15.9 Å². The lowest BCUT2D eigenvalue weighted by Gasteiger charge is -2.31. The van der Waals surface area contributed by atoms with Gasteiger partial charge in [0.2, 0.25) is 5.91 Å². The number of urea groups is 1. The third kappa shape index (κ3) is 4.83. The molecule has 3 aromatic rings. The smallest absolute Gasteiger partial charge is 0.321 e. The molecule has 0 radical (unpaired) electrons. The van der Waals surface area contributed by atoms with Crippen LogP contribution >= 0.6 is 0 Å². The maximum absolute atomic E-state index is 12.5. The number of aromatic nitrogens is 3. The van der Waals surface area contributed by atoms with Crippen molar-refractivity contribution in [1.82, 2.24) is 25.0 Å². The van der Waals surface area contributed by atoms with E-state index >= 15 is 0 Å². The van der Waals surface area contributed by atoms with Gasteiger partial charge >= 0.3 is 6.03 Å². The van der Waals surface area contributed by atoms with Crippen molar-refractivity contribution < 1.29 is 9.59 Å². The number of likely N-dealkylation sites (tertiary alicyclic amines) is 1. The Morgan fingerprint density at radius 1 is 1.00 bits per heavy atom. The van der Waals surface area contributed by atoms with Crippen molar-refractivity contribution in [2.24, 2.45) is 5.92 Å². The highest BCUT2D eigenvalue weighted by Gasteiger charge is 2.27. The second kappa shape index (κ2) is 9.21. The first-order chi connectivity index (χ1) is 14.7. The summed E-state index contributed by atoms with van der Waals surface area (Å²) in [5.41, 5.74) is 2.72. The Morgan fingerprint density at radius 2 is 1.73 bits per heavy atom. The number of para-hydroxylation sites is 1. The van der Waals surface area contributed by atoms with Crippen LogP contribution in [0.15, 0.2) is 67.3 Å². The van der Waals surface area contributed by atoms with Crippen molar-refractivity contribution >= 4 is 17.6 Å². The van der Waals surface area contributed by atoms with E-state index in [0.29, 0.717) is 32.5 Å². The SMILES string of the molecule is O=C(NCc1ccc(-n2cncn2)cc1)C1CCN(C(=O)Nc2ccccc2)CC1. The molecule has 1 saturated heterocycles. The second-order valence-corrected chi connectivity index (χ2v) is 7.28. The van der Waals surface area contributed by atoms with Gasteiger partial charge in [0.05, 0.1) is 5.69 Å². The van der Waals surface area contributed by atoms with E-state index in [9.17, 15) is 9.59 Å². The molecule has 8 heteroatoms. The van der Waals surface area contributed by atoms with Crippen LogP contribution in [0.5, 0.6) is 0 Å². The number of rotatable bonds is 5. The number of piperidine rings is 1. The lowest BCUT2D eigenvalue weighted by atomic mass is 9.96. The summed E-state index contributed by atoms with van der Waals surface area (Å²) >= 11 is 0. The molecular weight excluding hydrogens is 380 g/mol. The summed E-state index contributed by atoms with van der Waals surface area (Å²) in [5, 5.41) is 10.0. The zero-order chi connectivity index (χ0) is 20.8. The van der Waals surface area contributed by atoms with Gasteiger partial charge in [-0.05, 0) is 42.7 Å². The van der Waals surface area contributed by atoms with Crippen molar-refractivity contribution in [3.8, 4) is 5.69 Å². The molecule has 1 fully saturated rings. The molecule has 8 nitrogen and oxygen atoms in total. The summed E-state index contributed by atoms with van der Waals surface area (Å²) in [6.07, 6.45) is 4.46. The average molecular weight is 404 g/mol. The van der Waals surface area contributed by atoms with Crippen molar-refractivity contribution in [1.29, 1.82) is 0 Å². The minimum atomic E-state index is -0.118. The van der Waals surface area contributed by atoms with Gasteiger partial charge in [-0.2, -0.15) is 5.10 Å². The summed E-state index contributed by atoms with van der Waals surface area (Å²) in [5.74, 6) is -0.0290. The lowest BCUT2D eigenvalue weighted by Crippen LogP contribution is -2.44. The van der Waals surface area contributed by atoms with E-state index in [0.717, 1.165) is 16.9 Å². The Bertz CT molecular complexity index is 965. The van der Waals surface area contributed by atoms with E-state index in [-0.39, 0.29) is 17.9 Å². The van der Waals surface area contributed by atoms with Crippen LogP contribution in [-0.2, 0) is 11.3 Å². The molecule has 154 valence electrons. The van der Waals surface area contributed by atoms with Crippen LogP contribution in [0.1, 0.15) is 18.4 Å². The first-order valence-corrected chi connectivity index (χ1v) is 10.0. The van der Waals surface area contributed by atoms with Crippen molar-refractivity contribution in [3.63, 3.8) is 0 Å². The Labute approximate surface area is 174 Å².